The van der Waals surface area contributed by atoms with Crippen LogP contribution < -0.4 is 5.32 Å². The van der Waals surface area contributed by atoms with Gasteiger partial charge >= 0.3 is 5.97 Å². The zero-order chi connectivity index (χ0) is 13.8. The van der Waals surface area contributed by atoms with E-state index in [0.29, 0.717) is 5.56 Å². The van der Waals surface area contributed by atoms with Gasteiger partial charge in [-0.25, -0.2) is 9.67 Å². The first-order chi connectivity index (χ1) is 9.06. The average Bonchev–Trinajstić information content (AvgIpc) is 2.76. The first-order valence-electron chi connectivity index (χ1n) is 5.54. The van der Waals surface area contributed by atoms with E-state index >= 15 is 0 Å². The molecule has 7 heteroatoms. The highest BCUT2D eigenvalue weighted by atomic mass is 16.4. The summed E-state index contributed by atoms with van der Waals surface area (Å²) >= 11 is 0. The molecule has 98 valence electrons. The van der Waals surface area contributed by atoms with Gasteiger partial charge in [-0.05, 0) is 18.6 Å². The SMILES string of the molecule is Cc1ccccc1C(=O)Nc1ncn(CC(=O)O)n1. The van der Waals surface area contributed by atoms with Crippen LogP contribution in [0.1, 0.15) is 15.9 Å². The molecule has 2 N–H and O–H groups in total. The number of nitrogens with zero attached hydrogens (tertiary/aromatic N) is 3. The van der Waals surface area contributed by atoms with Crippen LogP contribution >= 0.6 is 0 Å². The van der Waals surface area contributed by atoms with Gasteiger partial charge in [0.15, 0.2) is 0 Å². The molecule has 0 fully saturated rings. The molecule has 0 aliphatic heterocycles. The lowest BCUT2D eigenvalue weighted by Gasteiger charge is -2.03. The summed E-state index contributed by atoms with van der Waals surface area (Å²) < 4.78 is 1.13. The number of carboxylic acids is 1. The van der Waals surface area contributed by atoms with Gasteiger partial charge in [0, 0.05) is 5.56 Å². The van der Waals surface area contributed by atoms with Gasteiger partial charge < -0.3 is 5.11 Å². The van der Waals surface area contributed by atoms with E-state index in [1.807, 2.05) is 19.1 Å². The molecule has 2 aromatic rings. The molecule has 0 atom stereocenters. The minimum absolute atomic E-state index is 0.0782. The Balaban J connectivity index is 2.09. The predicted octanol–water partition coefficient (Wildman–Crippen LogP) is 0.923. The molecule has 0 spiro atoms. The van der Waals surface area contributed by atoms with Gasteiger partial charge in [0.1, 0.15) is 12.9 Å². The van der Waals surface area contributed by atoms with Crippen molar-refractivity contribution in [2.24, 2.45) is 0 Å². The van der Waals surface area contributed by atoms with E-state index in [9.17, 15) is 9.59 Å². The number of carbonyl (C=O) groups excluding carboxylic acids is 1. The van der Waals surface area contributed by atoms with Crippen molar-refractivity contribution in [3.63, 3.8) is 0 Å². The minimum Gasteiger partial charge on any atom is -0.480 e. The molecule has 0 saturated heterocycles. The molecule has 0 aliphatic carbocycles. The molecule has 0 bridgehead atoms. The Morgan fingerprint density at radius 1 is 1.37 bits per heavy atom. The molecular formula is C12H12N4O3. The molecule has 7 nitrogen and oxygen atoms in total. The van der Waals surface area contributed by atoms with Crippen molar-refractivity contribution in [2.45, 2.75) is 13.5 Å². The van der Waals surface area contributed by atoms with Crippen LogP contribution in [0.5, 0.6) is 0 Å². The Bertz CT molecular complexity index is 621. The monoisotopic (exact) mass is 260 g/mol. The highest BCUT2D eigenvalue weighted by Crippen LogP contribution is 2.09. The van der Waals surface area contributed by atoms with Crippen LogP contribution in [0.15, 0.2) is 30.6 Å². The third-order valence-corrected chi connectivity index (χ3v) is 2.45. The fraction of sp³-hybridized carbons (Fsp3) is 0.167. The molecule has 1 aromatic carbocycles. The minimum atomic E-state index is -1.03. The van der Waals surface area contributed by atoms with Gasteiger partial charge in [-0.1, -0.05) is 18.2 Å². The van der Waals surface area contributed by atoms with Crippen molar-refractivity contribution in [1.82, 2.24) is 14.8 Å². The molecule has 1 amide bonds. The van der Waals surface area contributed by atoms with E-state index in [1.165, 1.54) is 6.33 Å². The van der Waals surface area contributed by atoms with Crippen molar-refractivity contribution in [1.29, 1.82) is 0 Å². The molecule has 1 aromatic heterocycles. The van der Waals surface area contributed by atoms with Gasteiger partial charge in [0.25, 0.3) is 5.91 Å². The maximum absolute atomic E-state index is 11.9. The number of carboxylic acid groups (broad SMARTS) is 1. The molecule has 0 saturated carbocycles. The van der Waals surface area contributed by atoms with Crippen LogP contribution in [-0.2, 0) is 11.3 Å². The Labute approximate surface area is 108 Å². The number of hydrogen-bond donors (Lipinski definition) is 2. The Kier molecular flexibility index (Phi) is 3.56. The standard InChI is InChI=1S/C12H12N4O3/c1-8-4-2-3-5-9(8)11(19)14-12-13-7-16(15-12)6-10(17)18/h2-5,7H,6H2,1H3,(H,17,18)(H,14,15,19). The van der Waals surface area contributed by atoms with Crippen LogP contribution in [0.2, 0.25) is 0 Å². The lowest BCUT2D eigenvalue weighted by atomic mass is 10.1. The van der Waals surface area contributed by atoms with E-state index in [1.54, 1.807) is 12.1 Å². The summed E-state index contributed by atoms with van der Waals surface area (Å²) in [6, 6.07) is 7.12. The van der Waals surface area contributed by atoms with Gasteiger partial charge in [-0.15, -0.1) is 5.10 Å². The van der Waals surface area contributed by atoms with Crippen molar-refractivity contribution in [2.75, 3.05) is 5.32 Å². The van der Waals surface area contributed by atoms with Crippen LogP contribution in [0.25, 0.3) is 0 Å². The van der Waals surface area contributed by atoms with Crippen LogP contribution in [0.3, 0.4) is 0 Å². The smallest absolute Gasteiger partial charge is 0.325 e. The quantitative estimate of drug-likeness (QED) is 0.852. The van der Waals surface area contributed by atoms with Crippen molar-refractivity contribution >= 4 is 17.8 Å². The maximum atomic E-state index is 11.9. The highest BCUT2D eigenvalue weighted by Gasteiger charge is 2.11. The fourth-order valence-corrected chi connectivity index (χ4v) is 1.56. The number of hydrogen-bond acceptors (Lipinski definition) is 4. The second-order valence-electron chi connectivity index (χ2n) is 3.93. The summed E-state index contributed by atoms with van der Waals surface area (Å²) in [5, 5.41) is 15.0. The van der Waals surface area contributed by atoms with Crippen LogP contribution in [-0.4, -0.2) is 31.7 Å². The third kappa shape index (κ3) is 3.15. The second-order valence-corrected chi connectivity index (χ2v) is 3.93. The van der Waals surface area contributed by atoms with E-state index < -0.39 is 5.97 Å². The largest absolute Gasteiger partial charge is 0.480 e. The lowest BCUT2D eigenvalue weighted by molar-refractivity contribution is -0.137. The molecule has 0 aliphatic rings. The zero-order valence-electron chi connectivity index (χ0n) is 10.2. The zero-order valence-corrected chi connectivity index (χ0v) is 10.2. The number of carbonyl (C=O) groups is 2. The number of aliphatic carboxylic acids is 1. The average molecular weight is 260 g/mol. The topological polar surface area (TPSA) is 97.1 Å². The van der Waals surface area contributed by atoms with E-state index in [2.05, 4.69) is 15.4 Å². The third-order valence-electron chi connectivity index (χ3n) is 2.45. The van der Waals surface area contributed by atoms with Crippen LogP contribution in [0.4, 0.5) is 5.95 Å². The number of aryl methyl sites for hydroxylation is 1. The normalized spacial score (nSPS) is 10.2. The Hall–Kier alpha value is -2.70. The summed E-state index contributed by atoms with van der Waals surface area (Å²) in [5.41, 5.74) is 1.36. The molecule has 2 rings (SSSR count). The number of aromatic nitrogens is 3. The van der Waals surface area contributed by atoms with Gasteiger partial charge in [-0.2, -0.15) is 0 Å². The summed E-state index contributed by atoms with van der Waals surface area (Å²) in [7, 11) is 0. The Morgan fingerprint density at radius 3 is 2.79 bits per heavy atom. The lowest BCUT2D eigenvalue weighted by Crippen LogP contribution is -2.15. The molecular weight excluding hydrogens is 248 g/mol. The number of amides is 1. The second kappa shape index (κ2) is 5.30. The highest BCUT2D eigenvalue weighted by molar-refractivity contribution is 6.04. The van der Waals surface area contributed by atoms with E-state index in [-0.39, 0.29) is 18.4 Å². The van der Waals surface area contributed by atoms with Gasteiger partial charge in [0.2, 0.25) is 5.95 Å². The molecule has 0 unspecified atom stereocenters. The van der Waals surface area contributed by atoms with Crippen molar-refractivity contribution < 1.29 is 14.7 Å². The summed E-state index contributed by atoms with van der Waals surface area (Å²) in [6.07, 6.45) is 1.25. The number of benzene rings is 1. The summed E-state index contributed by atoms with van der Waals surface area (Å²) in [5.74, 6) is -1.28. The number of nitrogens with one attached hydrogen (secondary N) is 1. The fourth-order valence-electron chi connectivity index (χ4n) is 1.56. The first kappa shape index (κ1) is 12.7. The van der Waals surface area contributed by atoms with Gasteiger partial charge in [0.05, 0.1) is 0 Å². The summed E-state index contributed by atoms with van der Waals surface area (Å²) in [4.78, 5) is 26.3. The summed E-state index contributed by atoms with van der Waals surface area (Å²) in [6.45, 7) is 1.53. The van der Waals surface area contributed by atoms with E-state index in [4.69, 9.17) is 5.11 Å². The van der Waals surface area contributed by atoms with Crippen LogP contribution in [0, 0.1) is 6.92 Å². The number of rotatable bonds is 4. The molecule has 0 radical (unpaired) electrons. The van der Waals surface area contributed by atoms with Crippen molar-refractivity contribution in [3.8, 4) is 0 Å². The number of anilines is 1. The van der Waals surface area contributed by atoms with E-state index in [0.717, 1.165) is 10.2 Å². The Morgan fingerprint density at radius 2 is 2.11 bits per heavy atom. The molecule has 1 heterocycles. The molecule has 19 heavy (non-hydrogen) atoms. The van der Waals surface area contributed by atoms with Crippen molar-refractivity contribution in [3.05, 3.63) is 41.7 Å². The maximum Gasteiger partial charge on any atom is 0.325 e. The predicted molar refractivity (Wildman–Crippen MR) is 66.8 cm³/mol. The van der Waals surface area contributed by atoms with Gasteiger partial charge in [-0.3, -0.25) is 14.9 Å². The first-order valence-corrected chi connectivity index (χ1v) is 5.54.